The second-order valence-electron chi connectivity index (χ2n) is 6.63. The van der Waals surface area contributed by atoms with Crippen molar-refractivity contribution in [3.8, 4) is 0 Å². The van der Waals surface area contributed by atoms with Crippen LogP contribution >= 0.6 is 8.25 Å². The zero-order valence-corrected chi connectivity index (χ0v) is 15.3. The number of hydrogen-bond acceptors (Lipinski definition) is 4. The third-order valence-corrected chi connectivity index (χ3v) is 8.66. The van der Waals surface area contributed by atoms with Crippen LogP contribution in [0.2, 0.25) is 18.1 Å². The average Bonchev–Trinajstić information content (AvgIpc) is 2.23. The third-order valence-electron chi connectivity index (χ3n) is 3.70. The van der Waals surface area contributed by atoms with Crippen LogP contribution < -0.4 is 0 Å². The fourth-order valence-electron chi connectivity index (χ4n) is 1.52. The molecule has 0 saturated carbocycles. The molecule has 0 bridgehead atoms. The highest BCUT2D eigenvalue weighted by atomic mass is 31.1. The van der Waals surface area contributed by atoms with Crippen LogP contribution in [0.25, 0.3) is 0 Å². The van der Waals surface area contributed by atoms with Gasteiger partial charge >= 0.3 is 8.25 Å². The van der Waals surface area contributed by atoms with Crippen molar-refractivity contribution in [2.24, 2.45) is 0 Å². The van der Waals surface area contributed by atoms with Gasteiger partial charge in [0, 0.05) is 17.1 Å². The smallest absolute Gasteiger partial charge is 0.414 e. The fourth-order valence-corrected chi connectivity index (χ4v) is 3.26. The molecule has 1 unspecified atom stereocenters. The van der Waals surface area contributed by atoms with Crippen molar-refractivity contribution >= 4 is 22.4 Å². The van der Waals surface area contributed by atoms with Gasteiger partial charge in [0.1, 0.15) is 0 Å². The Morgan fingerprint density at radius 1 is 1.35 bits per heavy atom. The molecular formula is C13H28O5PSi+. The number of Topliss-reactive ketones (excluding diaryl/α,β-unsaturated/α-hetero) is 1. The molecule has 0 saturated heterocycles. The number of carbonyl (C=O) groups is 1. The Morgan fingerprint density at radius 2 is 1.90 bits per heavy atom. The fraction of sp³-hybridized carbons (Fsp3) is 0.923. The minimum absolute atomic E-state index is 0.124. The zero-order chi connectivity index (χ0) is 16.0. The van der Waals surface area contributed by atoms with Crippen molar-refractivity contribution < 1.29 is 23.2 Å². The Bertz CT molecular complexity index is 338. The van der Waals surface area contributed by atoms with E-state index in [1.807, 2.05) is 6.92 Å². The summed E-state index contributed by atoms with van der Waals surface area (Å²) in [6, 6.07) is 0. The number of ketones is 1. The van der Waals surface area contributed by atoms with E-state index in [-0.39, 0.29) is 23.5 Å². The van der Waals surface area contributed by atoms with Crippen molar-refractivity contribution in [2.75, 3.05) is 6.61 Å². The summed E-state index contributed by atoms with van der Waals surface area (Å²) in [4.78, 5) is 19.8. The average molecular weight is 323 g/mol. The topological polar surface area (TPSA) is 72.8 Å². The molecule has 0 fully saturated rings. The predicted molar refractivity (Wildman–Crippen MR) is 82.4 cm³/mol. The minimum atomic E-state index is -2.68. The van der Waals surface area contributed by atoms with Gasteiger partial charge in [0.2, 0.25) is 0 Å². The summed E-state index contributed by atoms with van der Waals surface area (Å²) in [7, 11) is -4.44. The molecule has 7 heteroatoms. The summed E-state index contributed by atoms with van der Waals surface area (Å²) in [5, 5.41) is 0.178. The van der Waals surface area contributed by atoms with E-state index in [4.69, 9.17) is 9.32 Å². The van der Waals surface area contributed by atoms with E-state index in [1.54, 1.807) is 0 Å². The molecule has 5 nitrogen and oxygen atoms in total. The minimum Gasteiger partial charge on any atom is -0.414 e. The van der Waals surface area contributed by atoms with Crippen molar-refractivity contribution in [1.82, 2.24) is 0 Å². The van der Waals surface area contributed by atoms with E-state index in [0.717, 1.165) is 6.42 Å². The summed E-state index contributed by atoms with van der Waals surface area (Å²) < 4.78 is 20.9. The third kappa shape index (κ3) is 8.22. The number of rotatable bonds is 9. The highest BCUT2D eigenvalue weighted by Gasteiger charge is 2.38. The van der Waals surface area contributed by atoms with Gasteiger partial charge in [-0.05, 0) is 37.9 Å². The first-order valence-electron chi connectivity index (χ1n) is 6.94. The lowest BCUT2D eigenvalue weighted by atomic mass is 10.1. The molecule has 0 spiro atoms. The molecule has 20 heavy (non-hydrogen) atoms. The largest absolute Gasteiger partial charge is 0.695 e. The van der Waals surface area contributed by atoms with Gasteiger partial charge in [0.05, 0.1) is 0 Å². The zero-order valence-electron chi connectivity index (χ0n) is 13.4. The van der Waals surface area contributed by atoms with E-state index in [2.05, 4.69) is 38.4 Å². The Balaban J connectivity index is 3.98. The molecule has 0 rings (SSSR count). The predicted octanol–water partition coefficient (Wildman–Crippen LogP) is 3.80. The summed E-state index contributed by atoms with van der Waals surface area (Å²) in [6.45, 7) is 12.8. The lowest BCUT2D eigenvalue weighted by Crippen LogP contribution is -2.43. The van der Waals surface area contributed by atoms with Crippen molar-refractivity contribution in [1.29, 1.82) is 0 Å². The molecule has 0 aromatic heterocycles. The Kier molecular flexibility index (Phi) is 8.29. The van der Waals surface area contributed by atoms with E-state index in [0.29, 0.717) is 12.8 Å². The molecule has 0 aliphatic heterocycles. The van der Waals surface area contributed by atoms with Crippen LogP contribution in [-0.2, 0) is 18.3 Å². The normalized spacial score (nSPS) is 15.1. The molecule has 0 aromatic carbocycles. The molecule has 0 radical (unpaired) electrons. The molecule has 0 aliphatic carbocycles. The van der Waals surface area contributed by atoms with Crippen molar-refractivity contribution in [3.63, 3.8) is 0 Å². The maximum atomic E-state index is 11.4. The Hall–Kier alpha value is -0.133. The van der Waals surface area contributed by atoms with Crippen LogP contribution in [0.4, 0.5) is 0 Å². The lowest BCUT2D eigenvalue weighted by Gasteiger charge is -2.38. The monoisotopic (exact) mass is 323 g/mol. The van der Waals surface area contributed by atoms with Crippen LogP contribution in [0.3, 0.4) is 0 Å². The maximum absolute atomic E-state index is 11.4. The van der Waals surface area contributed by atoms with Crippen LogP contribution in [0.1, 0.15) is 47.0 Å². The quantitative estimate of drug-likeness (QED) is 0.516. The Labute approximate surface area is 124 Å². The van der Waals surface area contributed by atoms with Crippen molar-refractivity contribution in [2.45, 2.75) is 71.2 Å². The van der Waals surface area contributed by atoms with E-state index >= 15 is 0 Å². The molecular weight excluding hydrogens is 295 g/mol. The first kappa shape index (κ1) is 19.9. The van der Waals surface area contributed by atoms with Gasteiger partial charge in [0.25, 0.3) is 0 Å². The summed E-state index contributed by atoms with van der Waals surface area (Å²) >= 11 is 0. The molecule has 2 atom stereocenters. The number of hydrogen-bond donors (Lipinski definition) is 1. The SMILES string of the molecule is C[C@H](CCCC(=O)CO[P+](=O)O)O[Si](C)(C)C(C)(C)C. The lowest BCUT2D eigenvalue weighted by molar-refractivity contribution is -0.121. The van der Waals surface area contributed by atoms with Gasteiger partial charge in [-0.2, -0.15) is 0 Å². The van der Waals surface area contributed by atoms with Crippen molar-refractivity contribution in [3.05, 3.63) is 0 Å². The molecule has 0 amide bonds. The second-order valence-corrected chi connectivity index (χ2v) is 12.1. The molecule has 0 aromatic rings. The summed E-state index contributed by atoms with van der Waals surface area (Å²) in [6.07, 6.45) is 2.00. The first-order valence-corrected chi connectivity index (χ1v) is 11.0. The van der Waals surface area contributed by atoms with Gasteiger partial charge < -0.3 is 4.43 Å². The van der Waals surface area contributed by atoms with Gasteiger partial charge in [-0.15, -0.1) is 9.42 Å². The molecule has 1 N–H and O–H groups in total. The van der Waals surface area contributed by atoms with E-state index in [1.165, 1.54) is 0 Å². The van der Waals surface area contributed by atoms with Crippen LogP contribution in [0.15, 0.2) is 0 Å². The first-order chi connectivity index (χ1) is 8.95. The van der Waals surface area contributed by atoms with Crippen LogP contribution in [0, 0.1) is 0 Å². The highest BCUT2D eigenvalue weighted by molar-refractivity contribution is 7.32. The van der Waals surface area contributed by atoms with E-state index < -0.39 is 16.6 Å². The van der Waals surface area contributed by atoms with Gasteiger partial charge in [-0.25, -0.2) is 0 Å². The second kappa shape index (κ2) is 8.34. The van der Waals surface area contributed by atoms with Gasteiger partial charge in [-0.3, -0.25) is 4.79 Å². The highest BCUT2D eigenvalue weighted by Crippen LogP contribution is 2.37. The Morgan fingerprint density at radius 3 is 2.35 bits per heavy atom. The molecule has 118 valence electrons. The standard InChI is InChI=1S/C13H27O5PSi/c1-11(18-20(5,6)13(2,3)4)8-7-9-12(14)10-17-19(15)16/h11H,7-10H2,1-6H3/p+1/t11-/m1/s1. The maximum Gasteiger partial charge on any atom is 0.695 e. The summed E-state index contributed by atoms with van der Waals surface area (Å²) in [5.74, 6) is -0.151. The van der Waals surface area contributed by atoms with Crippen LogP contribution in [-0.4, -0.2) is 31.7 Å². The number of carbonyl (C=O) groups excluding carboxylic acids is 1. The van der Waals surface area contributed by atoms with Gasteiger partial charge in [0.15, 0.2) is 20.7 Å². The molecule has 0 heterocycles. The van der Waals surface area contributed by atoms with Crippen LogP contribution in [0.5, 0.6) is 0 Å². The van der Waals surface area contributed by atoms with Gasteiger partial charge in [-0.1, -0.05) is 20.8 Å². The molecule has 0 aliphatic rings. The van der Waals surface area contributed by atoms with E-state index in [9.17, 15) is 9.36 Å². The summed E-state index contributed by atoms with van der Waals surface area (Å²) in [5.41, 5.74) is 0.